The van der Waals surface area contributed by atoms with Crippen molar-refractivity contribution in [2.45, 2.75) is 0 Å². The Balaban J connectivity index is 0.000000640. The molecule has 8 heteroatoms. The molecule has 0 amide bonds. The molecule has 0 aromatic carbocycles. The van der Waals surface area contributed by atoms with E-state index in [0.29, 0.717) is 0 Å². The molecule has 0 bridgehead atoms. The van der Waals surface area contributed by atoms with Gasteiger partial charge in [0.1, 0.15) is 0 Å². The maximum Gasteiger partial charge on any atom is 0.462 e. The fourth-order valence-electron chi connectivity index (χ4n) is 0.221. The molecule has 0 radical (unpaired) electrons. The van der Waals surface area contributed by atoms with E-state index in [1.54, 1.807) is 0 Å². The Labute approximate surface area is 66.6 Å². The van der Waals surface area contributed by atoms with E-state index in [1.165, 1.54) is 0 Å². The molecular formula is CH3O5PSZn. The average molecular weight is 223 g/mol. The second-order valence-electron chi connectivity index (χ2n) is 1.01. The molecule has 1 aliphatic rings. The SMILES string of the molecule is [CH2-][PH+]1OOS(=O)(=O)O1.[Zn]. The molecule has 1 fully saturated rings. The zero-order chi connectivity index (χ0) is 6.20. The molecule has 0 aromatic heterocycles. The Morgan fingerprint density at radius 2 is 2.00 bits per heavy atom. The first-order valence-electron chi connectivity index (χ1n) is 1.60. The maximum atomic E-state index is 10.1. The van der Waals surface area contributed by atoms with Crippen molar-refractivity contribution in [3.05, 3.63) is 6.66 Å². The van der Waals surface area contributed by atoms with Crippen LogP contribution in [0.15, 0.2) is 0 Å². The summed E-state index contributed by atoms with van der Waals surface area (Å²) in [6.07, 6.45) is 0. The van der Waals surface area contributed by atoms with Gasteiger partial charge in [0.15, 0.2) is 0 Å². The van der Waals surface area contributed by atoms with Gasteiger partial charge in [-0.3, -0.25) is 0 Å². The van der Waals surface area contributed by atoms with E-state index in [0.717, 1.165) is 0 Å². The Kier molecular flexibility index (Phi) is 3.65. The van der Waals surface area contributed by atoms with Crippen LogP contribution in [0.4, 0.5) is 0 Å². The number of hydrogen-bond acceptors (Lipinski definition) is 5. The van der Waals surface area contributed by atoms with Gasteiger partial charge in [-0.2, -0.15) is 8.42 Å². The van der Waals surface area contributed by atoms with Gasteiger partial charge in [-0.05, 0) is 4.33 Å². The van der Waals surface area contributed by atoms with E-state index < -0.39 is 18.8 Å². The van der Waals surface area contributed by atoms with Crippen LogP contribution in [0.2, 0.25) is 0 Å². The van der Waals surface area contributed by atoms with Crippen molar-refractivity contribution in [1.29, 1.82) is 0 Å². The molecule has 0 aromatic rings. The molecule has 5 nitrogen and oxygen atoms in total. The molecule has 0 N–H and O–H groups in total. The van der Waals surface area contributed by atoms with Crippen LogP contribution in [0.5, 0.6) is 0 Å². The fraction of sp³-hybridized carbons (Fsp3) is 0. The third kappa shape index (κ3) is 2.98. The molecule has 1 atom stereocenters. The van der Waals surface area contributed by atoms with Gasteiger partial charge in [-0.15, -0.1) is 6.66 Å². The van der Waals surface area contributed by atoms with E-state index in [2.05, 4.69) is 19.6 Å². The van der Waals surface area contributed by atoms with Gasteiger partial charge >= 0.3 is 10.4 Å². The first-order chi connectivity index (χ1) is 3.60. The summed E-state index contributed by atoms with van der Waals surface area (Å²) in [5.41, 5.74) is 0. The second kappa shape index (κ2) is 3.33. The van der Waals surface area contributed by atoms with Gasteiger partial charge in [0, 0.05) is 19.5 Å². The summed E-state index contributed by atoms with van der Waals surface area (Å²) >= 11 is 0. The molecule has 9 heavy (non-hydrogen) atoms. The summed E-state index contributed by atoms with van der Waals surface area (Å²) in [6, 6.07) is 0. The fourth-order valence-corrected chi connectivity index (χ4v) is 1.99. The molecule has 1 aliphatic heterocycles. The van der Waals surface area contributed by atoms with Gasteiger partial charge < -0.3 is 0 Å². The van der Waals surface area contributed by atoms with E-state index in [4.69, 9.17) is 0 Å². The Hall–Kier alpha value is 0.883. The van der Waals surface area contributed by atoms with Crippen molar-refractivity contribution in [1.82, 2.24) is 0 Å². The summed E-state index contributed by atoms with van der Waals surface area (Å²) in [7, 11) is -5.76. The molecule has 0 saturated carbocycles. The molecule has 1 rings (SSSR count). The summed E-state index contributed by atoms with van der Waals surface area (Å²) < 4.78 is 31.9. The monoisotopic (exact) mass is 222 g/mol. The molecule has 0 aliphatic carbocycles. The molecule has 1 unspecified atom stereocenters. The Morgan fingerprint density at radius 1 is 1.44 bits per heavy atom. The van der Waals surface area contributed by atoms with Crippen molar-refractivity contribution in [3.63, 3.8) is 0 Å². The van der Waals surface area contributed by atoms with Crippen LogP contribution >= 0.6 is 8.38 Å². The largest absolute Gasteiger partial charge is 0.462 e. The molecule has 1 heterocycles. The van der Waals surface area contributed by atoms with Crippen LogP contribution in [0.3, 0.4) is 0 Å². The summed E-state index contributed by atoms with van der Waals surface area (Å²) in [4.78, 5) is 0. The third-order valence-electron chi connectivity index (χ3n) is 0.405. The van der Waals surface area contributed by atoms with Crippen LogP contribution in [-0.4, -0.2) is 8.42 Å². The van der Waals surface area contributed by atoms with Crippen LogP contribution in [0.1, 0.15) is 0 Å². The molecular weight excluding hydrogens is 220 g/mol. The minimum absolute atomic E-state index is 0. The predicted molar refractivity (Wildman–Crippen MR) is 25.8 cm³/mol. The van der Waals surface area contributed by atoms with Crippen molar-refractivity contribution in [2.24, 2.45) is 0 Å². The van der Waals surface area contributed by atoms with Gasteiger partial charge in [0.05, 0.1) is 0 Å². The quantitative estimate of drug-likeness (QED) is 0.251. The summed E-state index contributed by atoms with van der Waals surface area (Å²) in [5.74, 6) is 0. The van der Waals surface area contributed by atoms with Crippen LogP contribution < -0.4 is 0 Å². The topological polar surface area (TPSA) is 61.8 Å². The summed E-state index contributed by atoms with van der Waals surface area (Å²) in [5, 5.41) is 0. The number of rotatable bonds is 0. The minimum Gasteiger partial charge on any atom is -0.163 e. The summed E-state index contributed by atoms with van der Waals surface area (Å²) in [6.45, 7) is 3.19. The molecule has 0 spiro atoms. The van der Waals surface area contributed by atoms with Crippen molar-refractivity contribution < 1.29 is 40.9 Å². The van der Waals surface area contributed by atoms with Crippen molar-refractivity contribution in [3.8, 4) is 0 Å². The van der Waals surface area contributed by atoms with Crippen molar-refractivity contribution in [2.75, 3.05) is 0 Å². The van der Waals surface area contributed by atoms with Gasteiger partial charge in [0.2, 0.25) is 8.38 Å². The van der Waals surface area contributed by atoms with Crippen LogP contribution in [0.25, 0.3) is 0 Å². The van der Waals surface area contributed by atoms with Crippen molar-refractivity contribution >= 4 is 18.8 Å². The smallest absolute Gasteiger partial charge is 0.163 e. The average Bonchev–Trinajstić information content (AvgIpc) is 1.82. The van der Waals surface area contributed by atoms with E-state index >= 15 is 0 Å². The molecule has 1 saturated heterocycles. The normalized spacial score (nSPS) is 31.4. The van der Waals surface area contributed by atoms with Gasteiger partial charge in [-0.25, -0.2) is 0 Å². The maximum absolute atomic E-state index is 10.1. The third-order valence-corrected chi connectivity index (χ3v) is 2.59. The minimum atomic E-state index is -3.83. The Morgan fingerprint density at radius 3 is 2.11 bits per heavy atom. The van der Waals surface area contributed by atoms with Crippen LogP contribution in [-0.2, 0) is 42.9 Å². The van der Waals surface area contributed by atoms with Gasteiger partial charge in [0.25, 0.3) is 0 Å². The standard InChI is InChI=1S/CH3O5PS.Zn/c1-7-4-5-8(2,3)6-7;/h7H,1H2;. The second-order valence-corrected chi connectivity index (χ2v) is 3.54. The van der Waals surface area contributed by atoms with E-state index in [1.807, 2.05) is 0 Å². The van der Waals surface area contributed by atoms with E-state index in [-0.39, 0.29) is 19.5 Å². The Bertz CT molecular complexity index is 175. The number of hydrogen-bond donors (Lipinski definition) is 0. The zero-order valence-corrected chi connectivity index (χ0v) is 9.15. The van der Waals surface area contributed by atoms with E-state index in [9.17, 15) is 8.42 Å². The van der Waals surface area contributed by atoms with Gasteiger partial charge in [-0.1, -0.05) is 8.64 Å². The first kappa shape index (κ1) is 9.88. The molecule has 50 valence electrons. The predicted octanol–water partition coefficient (Wildman–Crippen LogP) is 0.0429. The zero-order valence-electron chi connectivity index (χ0n) is 4.36. The first-order valence-corrected chi connectivity index (χ1v) is 4.45. The van der Waals surface area contributed by atoms with Crippen LogP contribution in [0, 0.1) is 6.66 Å².